The van der Waals surface area contributed by atoms with Crippen molar-refractivity contribution in [1.29, 1.82) is 0 Å². The summed E-state index contributed by atoms with van der Waals surface area (Å²) in [5.41, 5.74) is 0.603. The highest BCUT2D eigenvalue weighted by molar-refractivity contribution is 7.93. The van der Waals surface area contributed by atoms with Gasteiger partial charge in [0.15, 0.2) is 0 Å². The van der Waals surface area contributed by atoms with Crippen LogP contribution in [0.25, 0.3) is 10.8 Å². The van der Waals surface area contributed by atoms with Gasteiger partial charge in [0.05, 0.1) is 10.6 Å². The Morgan fingerprint density at radius 3 is 2.76 bits per heavy atom. The number of amides is 1. The van der Waals surface area contributed by atoms with E-state index >= 15 is 0 Å². The van der Waals surface area contributed by atoms with Gasteiger partial charge in [-0.2, -0.15) is 0 Å². The quantitative estimate of drug-likeness (QED) is 0.899. The number of hydrogen-bond donors (Lipinski definition) is 1. The summed E-state index contributed by atoms with van der Waals surface area (Å²) in [4.78, 5) is 14.9. The highest BCUT2D eigenvalue weighted by atomic mass is 32.2. The number of nitrogens with one attached hydrogen (secondary N) is 1. The lowest BCUT2D eigenvalue weighted by atomic mass is 10.1. The molecule has 4 rings (SSSR count). The smallest absolute Gasteiger partial charge is 0.265 e. The largest absolute Gasteiger partial charge is 0.337 e. The lowest BCUT2D eigenvalue weighted by molar-refractivity contribution is -0.130. The molecular formula is C18H21N3O3S. The number of carbonyl (C=O) groups is 1. The zero-order valence-corrected chi connectivity index (χ0v) is 14.9. The molecule has 6 nitrogen and oxygen atoms in total. The van der Waals surface area contributed by atoms with Gasteiger partial charge in [0.25, 0.3) is 10.0 Å². The van der Waals surface area contributed by atoms with Gasteiger partial charge < -0.3 is 10.2 Å². The second-order valence-electron chi connectivity index (χ2n) is 6.58. The molecule has 132 valence electrons. The summed E-state index contributed by atoms with van der Waals surface area (Å²) < 4.78 is 27.2. The van der Waals surface area contributed by atoms with E-state index in [2.05, 4.69) is 5.32 Å². The Bertz CT molecular complexity index is 936. The average Bonchev–Trinajstić information content (AvgIpc) is 3.14. The van der Waals surface area contributed by atoms with Crippen molar-refractivity contribution in [3.8, 4) is 0 Å². The Balaban J connectivity index is 1.68. The van der Waals surface area contributed by atoms with Crippen molar-refractivity contribution in [2.75, 3.05) is 31.0 Å². The molecule has 2 aliphatic rings. The summed E-state index contributed by atoms with van der Waals surface area (Å²) in [7, 11) is -1.82. The first-order chi connectivity index (χ1) is 12.0. The number of likely N-dealkylation sites (tertiary alicyclic amines) is 1. The molecular weight excluding hydrogens is 338 g/mol. The summed E-state index contributed by atoms with van der Waals surface area (Å²) in [5, 5.41) is 4.70. The van der Waals surface area contributed by atoms with Crippen molar-refractivity contribution in [1.82, 2.24) is 10.2 Å². The molecule has 1 saturated heterocycles. The van der Waals surface area contributed by atoms with Crippen molar-refractivity contribution in [2.45, 2.75) is 23.8 Å². The minimum absolute atomic E-state index is 0.133. The molecule has 1 N–H and O–H groups in total. The van der Waals surface area contributed by atoms with E-state index in [-0.39, 0.29) is 18.5 Å². The molecule has 2 aliphatic heterocycles. The minimum Gasteiger partial charge on any atom is -0.337 e. The molecule has 0 saturated carbocycles. The maximum absolute atomic E-state index is 13.0. The Kier molecular flexibility index (Phi) is 3.92. The van der Waals surface area contributed by atoms with Crippen LogP contribution in [-0.4, -0.2) is 51.9 Å². The molecule has 2 heterocycles. The molecule has 1 fully saturated rings. The van der Waals surface area contributed by atoms with Crippen LogP contribution in [0.15, 0.2) is 41.3 Å². The summed E-state index contributed by atoms with van der Waals surface area (Å²) >= 11 is 0. The van der Waals surface area contributed by atoms with E-state index in [0.717, 1.165) is 24.8 Å². The zero-order chi connectivity index (χ0) is 17.6. The monoisotopic (exact) mass is 359 g/mol. The molecule has 0 radical (unpaired) electrons. The van der Waals surface area contributed by atoms with E-state index < -0.39 is 10.0 Å². The highest BCUT2D eigenvalue weighted by Gasteiger charge is 2.38. The number of likely N-dealkylation sites (N-methyl/N-ethyl adjacent to an activating group) is 1. The number of nitrogens with zero attached hydrogens (tertiary/aromatic N) is 2. The van der Waals surface area contributed by atoms with Crippen molar-refractivity contribution in [3.05, 3.63) is 36.4 Å². The van der Waals surface area contributed by atoms with Crippen molar-refractivity contribution in [3.63, 3.8) is 0 Å². The first-order valence-electron chi connectivity index (χ1n) is 8.52. The molecule has 2 aromatic rings. The third-order valence-corrected chi connectivity index (χ3v) is 6.90. The molecule has 1 unspecified atom stereocenters. The minimum atomic E-state index is -3.68. The summed E-state index contributed by atoms with van der Waals surface area (Å²) in [6, 6.07) is 10.9. The molecule has 0 spiro atoms. The molecule has 0 aliphatic carbocycles. The molecule has 1 amide bonds. The fourth-order valence-electron chi connectivity index (χ4n) is 3.95. The number of rotatable bonds is 4. The molecule has 25 heavy (non-hydrogen) atoms. The zero-order valence-electron chi connectivity index (χ0n) is 14.1. The maximum Gasteiger partial charge on any atom is 0.265 e. The molecule has 0 bridgehead atoms. The van der Waals surface area contributed by atoms with Crippen LogP contribution in [0.3, 0.4) is 0 Å². The van der Waals surface area contributed by atoms with E-state index in [9.17, 15) is 13.2 Å². The molecule has 0 aromatic heterocycles. The Morgan fingerprint density at radius 2 is 2.00 bits per heavy atom. The summed E-state index contributed by atoms with van der Waals surface area (Å²) in [5.74, 6) is -0.133. The third-order valence-electron chi connectivity index (χ3n) is 5.10. The van der Waals surface area contributed by atoms with E-state index in [1.165, 1.54) is 4.31 Å². The first-order valence-corrected chi connectivity index (χ1v) is 9.96. The summed E-state index contributed by atoms with van der Waals surface area (Å²) in [6.45, 7) is 1.28. The highest BCUT2D eigenvalue weighted by Crippen LogP contribution is 2.41. The number of carbonyl (C=O) groups excluding carboxylic acids is 1. The first kappa shape index (κ1) is 16.4. The maximum atomic E-state index is 13.0. The number of anilines is 1. The van der Waals surface area contributed by atoms with E-state index in [4.69, 9.17) is 0 Å². The van der Waals surface area contributed by atoms with Crippen LogP contribution in [0, 0.1) is 0 Å². The van der Waals surface area contributed by atoms with Gasteiger partial charge >= 0.3 is 0 Å². The van der Waals surface area contributed by atoms with Gasteiger partial charge in [-0.3, -0.25) is 9.10 Å². The SMILES string of the molecule is CNCC1CCCN1C(=O)CN1c2cccc3cccc(c23)S1(=O)=O. The second-order valence-corrected chi connectivity index (χ2v) is 8.41. The van der Waals surface area contributed by atoms with Crippen LogP contribution in [-0.2, 0) is 14.8 Å². The van der Waals surface area contributed by atoms with E-state index in [1.54, 1.807) is 18.2 Å². The van der Waals surface area contributed by atoms with E-state index in [1.807, 2.05) is 30.1 Å². The predicted octanol–water partition coefficient (Wildman–Crippen LogP) is 1.56. The van der Waals surface area contributed by atoms with Gasteiger partial charge in [0.2, 0.25) is 5.91 Å². The van der Waals surface area contributed by atoms with Crippen LogP contribution < -0.4 is 9.62 Å². The fraction of sp³-hybridized carbons (Fsp3) is 0.389. The van der Waals surface area contributed by atoms with Crippen molar-refractivity contribution >= 4 is 32.4 Å². The Labute approximate surface area is 147 Å². The van der Waals surface area contributed by atoms with E-state index in [0.29, 0.717) is 22.5 Å². The van der Waals surface area contributed by atoms with Crippen LogP contribution >= 0.6 is 0 Å². The third kappa shape index (κ3) is 2.49. The lowest BCUT2D eigenvalue weighted by Crippen LogP contribution is -2.46. The molecule has 1 atom stereocenters. The van der Waals surface area contributed by atoms with Crippen LogP contribution in [0.1, 0.15) is 12.8 Å². The summed E-state index contributed by atoms with van der Waals surface area (Å²) in [6.07, 6.45) is 1.91. The topological polar surface area (TPSA) is 69.7 Å². The molecule has 7 heteroatoms. The van der Waals surface area contributed by atoms with Gasteiger partial charge in [-0.15, -0.1) is 0 Å². The lowest BCUT2D eigenvalue weighted by Gasteiger charge is -2.27. The van der Waals surface area contributed by atoms with Crippen molar-refractivity contribution < 1.29 is 13.2 Å². The number of sulfonamides is 1. The number of benzene rings is 2. The standard InChI is InChI=1S/C18H21N3O3S/c1-19-11-14-7-4-10-20(14)17(22)12-21-15-8-2-5-13-6-3-9-16(18(13)15)25(21,23)24/h2-3,5-6,8-9,14,19H,4,7,10-12H2,1H3. The Morgan fingerprint density at radius 1 is 1.24 bits per heavy atom. The van der Waals surface area contributed by atoms with Gasteiger partial charge in [-0.1, -0.05) is 24.3 Å². The van der Waals surface area contributed by atoms with Gasteiger partial charge in [-0.05, 0) is 37.4 Å². The predicted molar refractivity (Wildman–Crippen MR) is 97.1 cm³/mol. The van der Waals surface area contributed by atoms with Gasteiger partial charge in [-0.25, -0.2) is 8.42 Å². The van der Waals surface area contributed by atoms with Crippen LogP contribution in [0.4, 0.5) is 5.69 Å². The Hall–Kier alpha value is -2.12. The van der Waals surface area contributed by atoms with Gasteiger partial charge in [0.1, 0.15) is 6.54 Å². The number of hydrogen-bond acceptors (Lipinski definition) is 4. The average molecular weight is 359 g/mol. The van der Waals surface area contributed by atoms with Crippen LogP contribution in [0.5, 0.6) is 0 Å². The second kappa shape index (κ2) is 6.00. The van der Waals surface area contributed by atoms with Crippen LogP contribution in [0.2, 0.25) is 0 Å². The molecule has 2 aromatic carbocycles. The normalized spacial score (nSPS) is 21.2. The van der Waals surface area contributed by atoms with Gasteiger partial charge in [0, 0.05) is 24.5 Å². The van der Waals surface area contributed by atoms with Crippen molar-refractivity contribution in [2.24, 2.45) is 0 Å². The fourth-order valence-corrected chi connectivity index (χ4v) is 5.61.